The largest absolute Gasteiger partial charge is 0.397 e. The van der Waals surface area contributed by atoms with Gasteiger partial charge in [-0.05, 0) is 31.2 Å². The molecule has 3 nitrogen and oxygen atoms in total. The van der Waals surface area contributed by atoms with Crippen LogP contribution in [0, 0.1) is 0 Å². The maximum absolute atomic E-state index is 12.2. The molecule has 0 spiro atoms. The smallest absolute Gasteiger partial charge is 0.310 e. The van der Waals surface area contributed by atoms with E-state index in [4.69, 9.17) is 5.11 Å². The van der Waals surface area contributed by atoms with Crippen molar-refractivity contribution in [3.63, 3.8) is 0 Å². The molecule has 19 heavy (non-hydrogen) atoms. The first-order valence-electron chi connectivity index (χ1n) is 4.80. The number of halogens is 5. The number of benzene rings is 1. The Morgan fingerprint density at radius 3 is 1.79 bits per heavy atom. The lowest BCUT2D eigenvalue weighted by Gasteiger charge is -2.40. The molecular weight excluding hydrogens is 295 g/mol. The van der Waals surface area contributed by atoms with Gasteiger partial charge in [0.1, 0.15) is 4.90 Å². The van der Waals surface area contributed by atoms with Crippen LogP contribution in [0.15, 0.2) is 29.2 Å². The van der Waals surface area contributed by atoms with Crippen molar-refractivity contribution in [2.24, 2.45) is 0 Å². The minimum Gasteiger partial charge on any atom is -0.397 e. The van der Waals surface area contributed by atoms with Crippen LogP contribution in [0.2, 0.25) is 0 Å². The van der Waals surface area contributed by atoms with E-state index in [1.807, 2.05) is 0 Å². The second-order valence-electron chi connectivity index (χ2n) is 3.29. The lowest BCUT2D eigenvalue weighted by Crippen LogP contribution is -2.07. The van der Waals surface area contributed by atoms with Crippen molar-refractivity contribution in [2.75, 3.05) is 6.61 Å². The average molecular weight is 306 g/mol. The Morgan fingerprint density at radius 1 is 1.16 bits per heavy atom. The van der Waals surface area contributed by atoms with Crippen LogP contribution in [-0.4, -0.2) is 23.8 Å². The van der Waals surface area contributed by atoms with Crippen molar-refractivity contribution in [2.45, 2.75) is 11.8 Å². The predicted molar refractivity (Wildman–Crippen MR) is 61.0 cm³/mol. The summed E-state index contributed by atoms with van der Waals surface area (Å²) in [4.78, 5) is 18.6. The summed E-state index contributed by atoms with van der Waals surface area (Å²) in [5.41, 5.74) is -0.374. The minimum absolute atomic E-state index is 0.0816. The summed E-state index contributed by atoms with van der Waals surface area (Å²) in [5, 5.41) is 7.57. The van der Waals surface area contributed by atoms with E-state index >= 15 is 0 Å². The number of hydrogen-bond acceptors (Lipinski definition) is 3. The van der Waals surface area contributed by atoms with E-state index < -0.39 is 20.9 Å². The number of aldehydes is 1. The summed E-state index contributed by atoms with van der Waals surface area (Å²) in [5.74, 6) is -1.08. The van der Waals surface area contributed by atoms with Gasteiger partial charge in [0.05, 0.1) is 0 Å². The normalized spacial score (nSPS) is 14.5. The lowest BCUT2D eigenvalue weighted by atomic mass is 10.1. The number of Topliss-reactive ketones (excluding diaryl/α,β-unsaturated/α-hetero) is 1. The molecular formula is C10H11F5O3S. The summed E-state index contributed by atoms with van der Waals surface area (Å²) >= 11 is 0. The van der Waals surface area contributed by atoms with Crippen LogP contribution in [0.3, 0.4) is 0 Å². The molecule has 1 aromatic rings. The predicted octanol–water partition coefficient (Wildman–Crippen LogP) is 3.72. The summed E-state index contributed by atoms with van der Waals surface area (Å²) in [6, 6.07) is 1.23. The van der Waals surface area contributed by atoms with Gasteiger partial charge in [-0.25, -0.2) is 0 Å². The molecule has 0 saturated heterocycles. The van der Waals surface area contributed by atoms with E-state index in [9.17, 15) is 29.0 Å². The van der Waals surface area contributed by atoms with Gasteiger partial charge in [0, 0.05) is 12.2 Å². The number of hydrogen-bond donors (Lipinski definition) is 1. The number of aliphatic hydroxyl groups is 1. The maximum Gasteiger partial charge on any atom is 0.310 e. The first-order chi connectivity index (χ1) is 8.35. The second kappa shape index (κ2) is 4.89. The van der Waals surface area contributed by atoms with Crippen LogP contribution in [0.5, 0.6) is 0 Å². The van der Waals surface area contributed by atoms with E-state index in [1.54, 1.807) is 6.92 Å². The Hall–Kier alpha value is -1.48. The van der Waals surface area contributed by atoms with Crippen molar-refractivity contribution in [1.29, 1.82) is 0 Å². The Labute approximate surface area is 105 Å². The standard InChI is InChI=1S/C8H5F5O2S.C2H6O/c9-16(10,11,12,13)7-3-1-6(2-4-7)8(15)5-14;1-2-3/h1-5H;3H,2H2,1H3. The van der Waals surface area contributed by atoms with Gasteiger partial charge in [-0.1, -0.05) is 19.4 Å². The first-order valence-corrected chi connectivity index (χ1v) is 6.75. The van der Waals surface area contributed by atoms with Crippen molar-refractivity contribution in [3.05, 3.63) is 29.8 Å². The molecule has 0 radical (unpaired) electrons. The van der Waals surface area contributed by atoms with Gasteiger partial charge in [0.2, 0.25) is 5.78 Å². The van der Waals surface area contributed by atoms with Crippen molar-refractivity contribution in [3.8, 4) is 0 Å². The number of carbonyl (C=O) groups excluding carboxylic acids is 2. The van der Waals surface area contributed by atoms with Gasteiger partial charge >= 0.3 is 10.2 Å². The molecule has 110 valence electrons. The number of ketones is 1. The quantitative estimate of drug-likeness (QED) is 0.401. The maximum atomic E-state index is 12.2. The molecule has 0 saturated carbocycles. The van der Waals surface area contributed by atoms with Crippen LogP contribution >= 0.6 is 10.2 Å². The van der Waals surface area contributed by atoms with Crippen LogP contribution in [0.25, 0.3) is 0 Å². The van der Waals surface area contributed by atoms with E-state index in [0.717, 1.165) is 0 Å². The molecule has 0 aliphatic heterocycles. The highest BCUT2D eigenvalue weighted by molar-refractivity contribution is 8.45. The third kappa shape index (κ3) is 5.79. The fourth-order valence-electron chi connectivity index (χ4n) is 0.944. The summed E-state index contributed by atoms with van der Waals surface area (Å²) < 4.78 is 61.0. The second-order valence-corrected chi connectivity index (χ2v) is 5.70. The Morgan fingerprint density at radius 2 is 1.53 bits per heavy atom. The third-order valence-electron chi connectivity index (χ3n) is 1.69. The van der Waals surface area contributed by atoms with Gasteiger partial charge < -0.3 is 5.11 Å². The number of aliphatic hydroxyl groups excluding tert-OH is 1. The fraction of sp³-hybridized carbons (Fsp3) is 0.200. The number of carbonyl (C=O) groups is 2. The van der Waals surface area contributed by atoms with Crippen LogP contribution in [-0.2, 0) is 4.79 Å². The Bertz CT molecular complexity index is 466. The molecule has 0 heterocycles. The molecule has 0 fully saturated rings. The zero-order chi connectivity index (χ0) is 15.4. The molecule has 1 aromatic carbocycles. The van der Waals surface area contributed by atoms with Gasteiger partial charge in [0.15, 0.2) is 6.29 Å². The molecule has 0 bridgehead atoms. The number of rotatable bonds is 3. The third-order valence-corrected chi connectivity index (χ3v) is 2.85. The summed E-state index contributed by atoms with van der Waals surface area (Å²) in [6.45, 7) is 1.93. The molecule has 0 aliphatic rings. The Balaban J connectivity index is 0.000000982. The van der Waals surface area contributed by atoms with E-state index in [1.165, 1.54) is 0 Å². The Kier molecular flexibility index (Phi) is 4.51. The highest BCUT2D eigenvalue weighted by Crippen LogP contribution is 3.02. The highest BCUT2D eigenvalue weighted by Gasteiger charge is 2.65. The van der Waals surface area contributed by atoms with Gasteiger partial charge in [-0.2, -0.15) is 0 Å². The van der Waals surface area contributed by atoms with Crippen molar-refractivity contribution in [1.82, 2.24) is 0 Å². The molecule has 0 aliphatic carbocycles. The molecule has 0 amide bonds. The highest BCUT2D eigenvalue weighted by atomic mass is 32.5. The van der Waals surface area contributed by atoms with E-state index in [0.29, 0.717) is 12.1 Å². The molecule has 1 N–H and O–H groups in total. The van der Waals surface area contributed by atoms with Crippen LogP contribution < -0.4 is 0 Å². The van der Waals surface area contributed by atoms with Crippen molar-refractivity contribution >= 4 is 22.3 Å². The summed E-state index contributed by atoms with van der Waals surface area (Å²) in [7, 11) is -9.70. The average Bonchev–Trinajstić information content (AvgIpc) is 2.26. The zero-order valence-electron chi connectivity index (χ0n) is 9.66. The molecule has 9 heteroatoms. The van der Waals surface area contributed by atoms with Crippen LogP contribution in [0.4, 0.5) is 19.4 Å². The summed E-state index contributed by atoms with van der Waals surface area (Å²) in [6.07, 6.45) is -0.116. The SMILES string of the molecule is CCO.O=CC(=O)c1ccc(S(F)(F)(F)(F)F)cc1. The molecule has 0 atom stereocenters. The molecule has 1 rings (SSSR count). The molecule has 0 aromatic heterocycles. The van der Waals surface area contributed by atoms with Crippen LogP contribution in [0.1, 0.15) is 17.3 Å². The zero-order valence-corrected chi connectivity index (χ0v) is 10.5. The minimum atomic E-state index is -9.70. The lowest BCUT2D eigenvalue weighted by molar-refractivity contribution is -0.104. The van der Waals surface area contributed by atoms with E-state index in [2.05, 4.69) is 0 Å². The monoisotopic (exact) mass is 306 g/mol. The first kappa shape index (κ1) is 17.5. The fourth-order valence-corrected chi connectivity index (χ4v) is 1.59. The van der Waals surface area contributed by atoms with Gasteiger partial charge in [0.25, 0.3) is 0 Å². The topological polar surface area (TPSA) is 54.4 Å². The van der Waals surface area contributed by atoms with Gasteiger partial charge in [-0.3, -0.25) is 9.59 Å². The molecule has 0 unspecified atom stereocenters. The van der Waals surface area contributed by atoms with Gasteiger partial charge in [-0.15, -0.1) is 0 Å². The van der Waals surface area contributed by atoms with E-state index in [-0.39, 0.29) is 30.6 Å². The van der Waals surface area contributed by atoms with Crippen molar-refractivity contribution < 1.29 is 34.1 Å².